The number of nitrogens with zero attached hydrogens (tertiary/aromatic N) is 5. The zero-order chi connectivity index (χ0) is 25.4. The SMILES string of the molecule is Cc1nnc(N[C@H](C)c2cc(N)cc(C(F)F)c2F)c2cc(C(=O)N(C)C)c(N3CCCC3)nc12. The molecule has 1 saturated heterocycles. The largest absolute Gasteiger partial charge is 0.399 e. The standard InChI is InChI=1S/C24H28F3N7O/c1-12(15-9-14(28)10-16(19(15)25)21(26)27)29-22-17-11-18(24(35)33(3)4)23(34-7-5-6-8-34)30-20(17)13(2)31-32-22/h9-12,21H,5-8,28H2,1-4H3,(H,29,32)/t12-/m1/s1. The number of fused-ring (bicyclic) bond motifs is 1. The molecule has 186 valence electrons. The van der Waals surface area contributed by atoms with Gasteiger partial charge in [-0.25, -0.2) is 18.2 Å². The van der Waals surface area contributed by atoms with Crippen LogP contribution in [0.1, 0.15) is 59.4 Å². The monoisotopic (exact) mass is 487 g/mol. The Balaban J connectivity index is 1.82. The van der Waals surface area contributed by atoms with Crippen LogP contribution >= 0.6 is 0 Å². The van der Waals surface area contributed by atoms with E-state index in [0.29, 0.717) is 28.0 Å². The number of anilines is 3. The van der Waals surface area contributed by atoms with Crippen LogP contribution in [0.5, 0.6) is 0 Å². The van der Waals surface area contributed by atoms with Crippen LogP contribution in [0.2, 0.25) is 0 Å². The van der Waals surface area contributed by atoms with Crippen molar-refractivity contribution in [3.05, 3.63) is 46.4 Å². The van der Waals surface area contributed by atoms with E-state index in [4.69, 9.17) is 10.7 Å². The van der Waals surface area contributed by atoms with Crippen molar-refractivity contribution < 1.29 is 18.0 Å². The number of rotatable bonds is 6. The first-order valence-corrected chi connectivity index (χ1v) is 11.4. The molecule has 0 aliphatic carbocycles. The van der Waals surface area contributed by atoms with Crippen molar-refractivity contribution in [1.29, 1.82) is 0 Å². The molecule has 3 heterocycles. The van der Waals surface area contributed by atoms with Gasteiger partial charge in [0.25, 0.3) is 12.3 Å². The molecule has 0 unspecified atom stereocenters. The maximum Gasteiger partial charge on any atom is 0.266 e. The van der Waals surface area contributed by atoms with E-state index in [1.54, 1.807) is 34.0 Å². The molecule has 35 heavy (non-hydrogen) atoms. The summed E-state index contributed by atoms with van der Waals surface area (Å²) in [5, 5.41) is 12.0. The van der Waals surface area contributed by atoms with E-state index in [1.165, 1.54) is 11.0 Å². The summed E-state index contributed by atoms with van der Waals surface area (Å²) in [6, 6.07) is 3.19. The van der Waals surface area contributed by atoms with Crippen LogP contribution in [0.4, 0.5) is 30.5 Å². The van der Waals surface area contributed by atoms with Gasteiger partial charge in [0.05, 0.1) is 28.4 Å². The Labute approximate surface area is 201 Å². The second kappa shape index (κ2) is 9.55. The van der Waals surface area contributed by atoms with E-state index in [9.17, 15) is 18.0 Å². The maximum atomic E-state index is 14.8. The highest BCUT2D eigenvalue weighted by Crippen LogP contribution is 2.34. The second-order valence-electron chi connectivity index (χ2n) is 8.96. The molecule has 0 radical (unpaired) electrons. The highest BCUT2D eigenvalue weighted by atomic mass is 19.3. The molecule has 0 spiro atoms. The van der Waals surface area contributed by atoms with Crippen molar-refractivity contribution in [2.75, 3.05) is 43.1 Å². The number of nitrogens with two attached hydrogens (primary N) is 1. The zero-order valence-corrected chi connectivity index (χ0v) is 20.1. The van der Waals surface area contributed by atoms with Crippen LogP contribution in [0.25, 0.3) is 10.9 Å². The molecule has 1 atom stereocenters. The van der Waals surface area contributed by atoms with E-state index in [-0.39, 0.29) is 23.0 Å². The number of amides is 1. The number of hydrogen-bond donors (Lipinski definition) is 2. The molecule has 11 heteroatoms. The van der Waals surface area contributed by atoms with Gasteiger partial charge in [-0.2, -0.15) is 5.10 Å². The lowest BCUT2D eigenvalue weighted by molar-refractivity contribution is 0.0828. The van der Waals surface area contributed by atoms with E-state index >= 15 is 0 Å². The maximum absolute atomic E-state index is 14.8. The summed E-state index contributed by atoms with van der Waals surface area (Å²) in [7, 11) is 3.33. The van der Waals surface area contributed by atoms with E-state index in [0.717, 1.165) is 32.0 Å². The van der Waals surface area contributed by atoms with Crippen LogP contribution in [0, 0.1) is 12.7 Å². The van der Waals surface area contributed by atoms with Crippen LogP contribution in [-0.4, -0.2) is 53.2 Å². The number of nitrogens with one attached hydrogen (secondary N) is 1. The van der Waals surface area contributed by atoms with E-state index < -0.39 is 23.8 Å². The Hall–Kier alpha value is -3.63. The number of aryl methyl sites for hydroxylation is 1. The van der Waals surface area contributed by atoms with Crippen molar-refractivity contribution in [3.63, 3.8) is 0 Å². The first kappa shape index (κ1) is 24.5. The molecule has 0 bridgehead atoms. The predicted molar refractivity (Wildman–Crippen MR) is 129 cm³/mol. The molecule has 8 nitrogen and oxygen atoms in total. The average Bonchev–Trinajstić information content (AvgIpc) is 3.35. The van der Waals surface area contributed by atoms with Crippen LogP contribution in [0.3, 0.4) is 0 Å². The molecule has 1 amide bonds. The van der Waals surface area contributed by atoms with Gasteiger partial charge in [-0.3, -0.25) is 4.79 Å². The minimum absolute atomic E-state index is 0.0259. The van der Waals surface area contributed by atoms with Gasteiger partial charge in [0, 0.05) is 43.8 Å². The van der Waals surface area contributed by atoms with E-state index in [2.05, 4.69) is 20.4 Å². The number of alkyl halides is 2. The first-order valence-electron chi connectivity index (χ1n) is 11.4. The Morgan fingerprint density at radius 1 is 1.14 bits per heavy atom. The topological polar surface area (TPSA) is 100 Å². The van der Waals surface area contributed by atoms with Crippen molar-refractivity contribution in [3.8, 4) is 0 Å². The normalized spacial score (nSPS) is 14.6. The summed E-state index contributed by atoms with van der Waals surface area (Å²) >= 11 is 0. The summed E-state index contributed by atoms with van der Waals surface area (Å²) in [6.45, 7) is 4.97. The first-order chi connectivity index (χ1) is 16.6. The lowest BCUT2D eigenvalue weighted by Crippen LogP contribution is -2.28. The number of halogens is 3. The molecular formula is C24H28F3N7O. The van der Waals surface area contributed by atoms with Gasteiger partial charge in [-0.1, -0.05) is 0 Å². The third-order valence-electron chi connectivity index (χ3n) is 6.15. The average molecular weight is 488 g/mol. The molecule has 1 aromatic carbocycles. The van der Waals surface area contributed by atoms with Crippen molar-refractivity contribution in [2.45, 2.75) is 39.2 Å². The van der Waals surface area contributed by atoms with Gasteiger partial charge in [0.15, 0.2) is 5.82 Å². The minimum atomic E-state index is -3.00. The van der Waals surface area contributed by atoms with Crippen molar-refractivity contribution in [2.24, 2.45) is 0 Å². The van der Waals surface area contributed by atoms with Gasteiger partial charge in [-0.05, 0) is 44.9 Å². The van der Waals surface area contributed by atoms with Gasteiger partial charge >= 0.3 is 0 Å². The second-order valence-corrected chi connectivity index (χ2v) is 8.96. The van der Waals surface area contributed by atoms with Crippen molar-refractivity contribution in [1.82, 2.24) is 20.1 Å². The number of nitrogen functional groups attached to an aromatic ring is 1. The summed E-state index contributed by atoms with van der Waals surface area (Å²) in [6.07, 6.45) is -0.976. The minimum Gasteiger partial charge on any atom is -0.399 e. The molecule has 3 aromatic rings. The number of benzene rings is 1. The molecule has 1 aliphatic rings. The van der Waals surface area contributed by atoms with Gasteiger partial charge in [-0.15, -0.1) is 5.10 Å². The zero-order valence-electron chi connectivity index (χ0n) is 20.1. The van der Waals surface area contributed by atoms with Crippen LogP contribution in [-0.2, 0) is 0 Å². The van der Waals surface area contributed by atoms with Gasteiger partial charge in [0.2, 0.25) is 0 Å². The lowest BCUT2D eigenvalue weighted by Gasteiger charge is -2.23. The lowest BCUT2D eigenvalue weighted by atomic mass is 10.0. The fourth-order valence-corrected chi connectivity index (χ4v) is 4.31. The molecule has 2 aromatic heterocycles. The van der Waals surface area contributed by atoms with Gasteiger partial charge in [0.1, 0.15) is 11.6 Å². The molecule has 3 N–H and O–H groups in total. The Morgan fingerprint density at radius 3 is 2.43 bits per heavy atom. The molecule has 4 rings (SSSR count). The molecular weight excluding hydrogens is 459 g/mol. The smallest absolute Gasteiger partial charge is 0.266 e. The van der Waals surface area contributed by atoms with Crippen molar-refractivity contribution >= 4 is 34.1 Å². The fourth-order valence-electron chi connectivity index (χ4n) is 4.31. The fraction of sp³-hybridized carbons (Fsp3) is 0.417. The number of carbonyl (C=O) groups excluding carboxylic acids is 1. The van der Waals surface area contributed by atoms with Crippen LogP contribution < -0.4 is 16.0 Å². The van der Waals surface area contributed by atoms with Gasteiger partial charge < -0.3 is 20.9 Å². The molecule has 1 aliphatic heterocycles. The summed E-state index contributed by atoms with van der Waals surface area (Å²) in [5.41, 5.74) is 6.53. The quantitative estimate of drug-likeness (QED) is 0.495. The molecule has 0 saturated carbocycles. The summed E-state index contributed by atoms with van der Waals surface area (Å²) in [4.78, 5) is 21.4. The van der Waals surface area contributed by atoms with Crippen LogP contribution in [0.15, 0.2) is 18.2 Å². The Morgan fingerprint density at radius 2 is 1.80 bits per heavy atom. The highest BCUT2D eigenvalue weighted by molar-refractivity contribution is 6.04. The Kier molecular flexibility index (Phi) is 6.68. The summed E-state index contributed by atoms with van der Waals surface area (Å²) in [5.74, 6) is -0.395. The summed E-state index contributed by atoms with van der Waals surface area (Å²) < 4.78 is 41.4. The predicted octanol–water partition coefficient (Wildman–Crippen LogP) is 4.47. The number of carbonyl (C=O) groups is 1. The third kappa shape index (κ3) is 4.67. The Bertz CT molecular complexity index is 1280. The number of hydrogen-bond acceptors (Lipinski definition) is 7. The number of aromatic nitrogens is 3. The third-order valence-corrected chi connectivity index (χ3v) is 6.15. The molecule has 1 fully saturated rings. The number of pyridine rings is 1. The van der Waals surface area contributed by atoms with E-state index in [1.807, 2.05) is 0 Å². The highest BCUT2D eigenvalue weighted by Gasteiger charge is 2.26.